The zero-order chi connectivity index (χ0) is 21.0. The molecule has 31 heavy (non-hydrogen) atoms. The highest BCUT2D eigenvalue weighted by molar-refractivity contribution is 7.98. The van der Waals surface area contributed by atoms with Crippen LogP contribution >= 0.6 is 11.8 Å². The monoisotopic (exact) mass is 437 g/mol. The largest absolute Gasteiger partial charge is 0.368 e. The second-order valence-electron chi connectivity index (χ2n) is 8.16. The average Bonchev–Trinajstić information content (AvgIpc) is 2.82. The first-order valence-electron chi connectivity index (χ1n) is 11.0. The van der Waals surface area contributed by atoms with Gasteiger partial charge in [-0.3, -0.25) is 14.7 Å². The van der Waals surface area contributed by atoms with Crippen LogP contribution in [0.15, 0.2) is 35.6 Å². The summed E-state index contributed by atoms with van der Waals surface area (Å²) in [6, 6.07) is 4.15. The van der Waals surface area contributed by atoms with E-state index >= 15 is 0 Å². The fourth-order valence-electron chi connectivity index (χ4n) is 4.48. The topological polar surface area (TPSA) is 88.8 Å². The highest BCUT2D eigenvalue weighted by atomic mass is 32.2. The van der Waals surface area contributed by atoms with Gasteiger partial charge in [-0.15, -0.1) is 0 Å². The third kappa shape index (κ3) is 4.57. The molecule has 5 rings (SSSR count). The van der Waals surface area contributed by atoms with Crippen LogP contribution in [0.25, 0.3) is 10.9 Å². The van der Waals surface area contributed by atoms with Gasteiger partial charge in [-0.25, -0.2) is 14.6 Å². The Morgan fingerprint density at radius 3 is 3.16 bits per heavy atom. The molecule has 8 nitrogen and oxygen atoms in total. The summed E-state index contributed by atoms with van der Waals surface area (Å²) in [5.74, 6) is 2.85. The molecule has 9 heteroatoms. The normalized spacial score (nSPS) is 19.3. The van der Waals surface area contributed by atoms with Crippen LogP contribution in [-0.4, -0.2) is 61.1 Å². The van der Waals surface area contributed by atoms with Crippen LogP contribution < -0.4 is 10.9 Å². The van der Waals surface area contributed by atoms with Crippen molar-refractivity contribution in [2.75, 3.05) is 30.7 Å². The van der Waals surface area contributed by atoms with Crippen LogP contribution in [0.3, 0.4) is 0 Å². The number of aromatic nitrogens is 5. The number of hydrogen-bond acceptors (Lipinski definition) is 8. The Kier molecular flexibility index (Phi) is 6.13. The number of anilines is 1. The smallest absolute Gasteiger partial charge is 0.267 e. The minimum atomic E-state index is 0.0222. The Labute approximate surface area is 185 Å². The first kappa shape index (κ1) is 20.4. The van der Waals surface area contributed by atoms with Crippen LogP contribution in [0, 0.1) is 0 Å². The molecule has 2 aliphatic heterocycles. The lowest BCUT2D eigenvalue weighted by Gasteiger charge is -2.36. The molecule has 5 heterocycles. The minimum Gasteiger partial charge on any atom is -0.368 e. The molecule has 0 radical (unpaired) electrons. The van der Waals surface area contributed by atoms with Gasteiger partial charge in [0.2, 0.25) is 0 Å². The van der Waals surface area contributed by atoms with Crippen molar-refractivity contribution < 1.29 is 0 Å². The number of pyridine rings is 1. The molecule has 3 aromatic heterocycles. The van der Waals surface area contributed by atoms with Crippen molar-refractivity contribution in [3.05, 3.63) is 52.5 Å². The maximum atomic E-state index is 12.5. The third-order valence-electron chi connectivity index (χ3n) is 6.20. The Morgan fingerprint density at radius 1 is 1.23 bits per heavy atom. The molecule has 0 spiro atoms. The van der Waals surface area contributed by atoms with Crippen molar-refractivity contribution in [1.82, 2.24) is 29.6 Å². The molecule has 0 aromatic carbocycles. The number of thioether (sulfide) groups is 1. The number of piperidine rings is 1. The lowest BCUT2D eigenvalue weighted by atomic mass is 10.0. The van der Waals surface area contributed by atoms with Crippen molar-refractivity contribution in [1.29, 1.82) is 0 Å². The summed E-state index contributed by atoms with van der Waals surface area (Å²) in [6.45, 7) is 3.34. The predicted octanol–water partition coefficient (Wildman–Crippen LogP) is 2.34. The molecule has 3 aromatic rings. The Bertz CT molecular complexity index is 1110. The number of aryl methyl sites for hydroxylation is 1. The molecular formula is C22H27N7OS. The zero-order valence-corrected chi connectivity index (χ0v) is 18.4. The van der Waals surface area contributed by atoms with E-state index in [1.54, 1.807) is 29.5 Å². The summed E-state index contributed by atoms with van der Waals surface area (Å²) in [5.41, 5.74) is 3.08. The number of rotatable bonds is 6. The number of likely N-dealkylation sites (tertiary alicyclic amines) is 1. The van der Waals surface area contributed by atoms with Crippen LogP contribution in [0.4, 0.5) is 5.82 Å². The van der Waals surface area contributed by atoms with E-state index in [9.17, 15) is 4.79 Å². The molecule has 0 bridgehead atoms. The van der Waals surface area contributed by atoms with Crippen LogP contribution in [0.5, 0.6) is 0 Å². The summed E-state index contributed by atoms with van der Waals surface area (Å²) in [7, 11) is 0. The van der Waals surface area contributed by atoms with E-state index in [4.69, 9.17) is 0 Å². The van der Waals surface area contributed by atoms with Gasteiger partial charge in [0.15, 0.2) is 0 Å². The van der Waals surface area contributed by atoms with Gasteiger partial charge in [-0.2, -0.15) is 16.9 Å². The van der Waals surface area contributed by atoms with E-state index in [1.807, 2.05) is 17.8 Å². The molecule has 1 saturated heterocycles. The molecule has 0 aliphatic carbocycles. The summed E-state index contributed by atoms with van der Waals surface area (Å²) >= 11 is 1.88. The standard InChI is InChI=1S/C22H27N7OS/c30-21-11-16-14-31-10-5-19(16)27-29(21)9-8-28-7-2-1-3-17(28)12-24-22-18-4-6-23-13-20(18)25-15-26-22/h4,6,11,13,15,17H,1-3,5,7-10,12,14H2,(H,24,25,26). The van der Waals surface area contributed by atoms with Crippen molar-refractivity contribution in [3.63, 3.8) is 0 Å². The van der Waals surface area contributed by atoms with Crippen molar-refractivity contribution in [3.8, 4) is 0 Å². The Morgan fingerprint density at radius 2 is 2.19 bits per heavy atom. The summed E-state index contributed by atoms with van der Waals surface area (Å²) in [4.78, 5) is 27.9. The van der Waals surface area contributed by atoms with Crippen LogP contribution in [-0.2, 0) is 18.7 Å². The van der Waals surface area contributed by atoms with E-state index in [-0.39, 0.29) is 5.56 Å². The van der Waals surface area contributed by atoms with Gasteiger partial charge in [0.25, 0.3) is 5.56 Å². The first-order chi connectivity index (χ1) is 15.3. The van der Waals surface area contributed by atoms with Crippen molar-refractivity contribution >= 4 is 28.5 Å². The summed E-state index contributed by atoms with van der Waals surface area (Å²) in [5, 5.41) is 9.20. The highest BCUT2D eigenvalue weighted by Crippen LogP contribution is 2.22. The van der Waals surface area contributed by atoms with E-state index in [1.165, 1.54) is 12.8 Å². The predicted molar refractivity (Wildman–Crippen MR) is 123 cm³/mol. The Hall–Kier alpha value is -2.52. The van der Waals surface area contributed by atoms with E-state index in [0.29, 0.717) is 12.6 Å². The summed E-state index contributed by atoms with van der Waals surface area (Å²) in [6.07, 6.45) is 9.63. The number of hydrogen-bond donors (Lipinski definition) is 1. The maximum Gasteiger partial charge on any atom is 0.267 e. The van der Waals surface area contributed by atoms with Gasteiger partial charge in [0.05, 0.1) is 24.0 Å². The Balaban J connectivity index is 1.25. The lowest BCUT2D eigenvalue weighted by Crippen LogP contribution is -2.45. The molecule has 0 amide bonds. The van der Waals surface area contributed by atoms with Gasteiger partial charge in [-0.1, -0.05) is 6.42 Å². The first-order valence-corrected chi connectivity index (χ1v) is 12.1. The minimum absolute atomic E-state index is 0.0222. The quantitative estimate of drug-likeness (QED) is 0.629. The van der Waals surface area contributed by atoms with Gasteiger partial charge in [-0.05, 0) is 36.8 Å². The molecule has 0 saturated carbocycles. The van der Waals surface area contributed by atoms with E-state index < -0.39 is 0 Å². The number of fused-ring (bicyclic) bond motifs is 2. The molecule has 1 unspecified atom stereocenters. The summed E-state index contributed by atoms with van der Waals surface area (Å²) < 4.78 is 1.67. The molecule has 1 fully saturated rings. The second kappa shape index (κ2) is 9.32. The van der Waals surface area contributed by atoms with Gasteiger partial charge < -0.3 is 5.32 Å². The molecule has 1 N–H and O–H groups in total. The van der Waals surface area contributed by atoms with E-state index in [2.05, 4.69) is 30.3 Å². The van der Waals surface area contributed by atoms with Gasteiger partial charge >= 0.3 is 0 Å². The molecule has 1 atom stereocenters. The SMILES string of the molecule is O=c1cc2c(nn1CCN1CCCCC1CNc1ncnc3cnccc13)CCSC2. The number of nitrogens with zero attached hydrogens (tertiary/aromatic N) is 6. The van der Waals surface area contributed by atoms with Gasteiger partial charge in [0, 0.05) is 49.0 Å². The molecule has 2 aliphatic rings. The van der Waals surface area contributed by atoms with Crippen molar-refractivity contribution in [2.45, 2.75) is 44.0 Å². The average molecular weight is 438 g/mol. The van der Waals surface area contributed by atoms with Crippen molar-refractivity contribution in [2.24, 2.45) is 0 Å². The van der Waals surface area contributed by atoms with Crippen LogP contribution in [0.1, 0.15) is 30.5 Å². The fraction of sp³-hybridized carbons (Fsp3) is 0.500. The number of nitrogens with one attached hydrogen (secondary N) is 1. The van der Waals surface area contributed by atoms with Gasteiger partial charge in [0.1, 0.15) is 12.1 Å². The molecular weight excluding hydrogens is 410 g/mol. The second-order valence-corrected chi connectivity index (χ2v) is 9.27. The van der Waals surface area contributed by atoms with Crippen LogP contribution in [0.2, 0.25) is 0 Å². The molecule has 162 valence electrons. The third-order valence-corrected chi connectivity index (χ3v) is 7.20. The fourth-order valence-corrected chi connectivity index (χ4v) is 5.44. The van der Waals surface area contributed by atoms with E-state index in [0.717, 1.165) is 72.0 Å². The highest BCUT2D eigenvalue weighted by Gasteiger charge is 2.23. The maximum absolute atomic E-state index is 12.5. The zero-order valence-electron chi connectivity index (χ0n) is 17.5. The lowest BCUT2D eigenvalue weighted by molar-refractivity contribution is 0.148.